The molecule has 0 saturated carbocycles. The van der Waals surface area contributed by atoms with Gasteiger partial charge >= 0.3 is 0 Å². The highest BCUT2D eigenvalue weighted by atomic mass is 16.3. The number of carbonyl (C=O) groups excluding carboxylic acids is 1. The molecule has 0 unspecified atom stereocenters. The van der Waals surface area contributed by atoms with Gasteiger partial charge in [-0.25, -0.2) is 0 Å². The molecular formula is C15H14N2O2. The summed E-state index contributed by atoms with van der Waals surface area (Å²) in [6, 6.07) is 12.4. The predicted octanol–water partition coefficient (Wildman–Crippen LogP) is 2.18. The average molecular weight is 254 g/mol. The Morgan fingerprint density at radius 2 is 2.00 bits per heavy atom. The zero-order chi connectivity index (χ0) is 13.4. The Bertz CT molecular complexity index is 652. The monoisotopic (exact) mass is 254 g/mol. The molecule has 4 heteroatoms. The van der Waals surface area contributed by atoms with Crippen LogP contribution in [0.1, 0.15) is 15.9 Å². The van der Waals surface area contributed by atoms with Gasteiger partial charge in [-0.05, 0) is 36.2 Å². The maximum Gasteiger partial charge on any atom is 0.258 e. The lowest BCUT2D eigenvalue weighted by atomic mass is 10.1. The molecule has 19 heavy (non-hydrogen) atoms. The quantitative estimate of drug-likeness (QED) is 0.605. The molecule has 0 fully saturated rings. The van der Waals surface area contributed by atoms with E-state index in [1.807, 2.05) is 24.3 Å². The minimum Gasteiger partial charge on any atom is -0.506 e. The van der Waals surface area contributed by atoms with Crippen LogP contribution in [-0.4, -0.2) is 17.6 Å². The molecule has 2 aromatic carbocycles. The number of amides is 1. The van der Waals surface area contributed by atoms with Crippen LogP contribution in [0, 0.1) is 0 Å². The first-order chi connectivity index (χ1) is 9.16. The number of nitrogen functional groups attached to an aromatic ring is 1. The fraction of sp³-hybridized carbons (Fsp3) is 0.133. The molecule has 1 aliphatic rings. The second kappa shape index (κ2) is 4.31. The van der Waals surface area contributed by atoms with E-state index in [1.54, 1.807) is 11.0 Å². The summed E-state index contributed by atoms with van der Waals surface area (Å²) in [7, 11) is 0. The molecule has 0 saturated heterocycles. The number of carbonyl (C=O) groups is 1. The van der Waals surface area contributed by atoms with Crippen LogP contribution in [0.2, 0.25) is 0 Å². The number of nitrogens with two attached hydrogens (primary N) is 1. The maximum absolute atomic E-state index is 12.5. The first kappa shape index (κ1) is 11.6. The number of phenols is 1. The number of benzene rings is 2. The minimum absolute atomic E-state index is 0.00151. The van der Waals surface area contributed by atoms with E-state index in [-0.39, 0.29) is 17.3 Å². The number of phenolic OH excluding ortho intramolecular Hbond substituents is 1. The van der Waals surface area contributed by atoms with E-state index >= 15 is 0 Å². The molecule has 0 bridgehead atoms. The van der Waals surface area contributed by atoms with Crippen LogP contribution < -0.4 is 10.6 Å². The van der Waals surface area contributed by atoms with Crippen molar-refractivity contribution in [3.63, 3.8) is 0 Å². The summed E-state index contributed by atoms with van der Waals surface area (Å²) in [6.07, 6.45) is 0.871. The van der Waals surface area contributed by atoms with Crippen LogP contribution in [0.15, 0.2) is 42.5 Å². The lowest BCUT2D eigenvalue weighted by molar-refractivity contribution is 0.0989. The van der Waals surface area contributed by atoms with E-state index in [2.05, 4.69) is 0 Å². The van der Waals surface area contributed by atoms with Gasteiger partial charge in [-0.3, -0.25) is 4.79 Å². The lowest BCUT2D eigenvalue weighted by Gasteiger charge is -2.17. The number of hydrogen-bond acceptors (Lipinski definition) is 3. The maximum atomic E-state index is 12.5. The average Bonchev–Trinajstić information content (AvgIpc) is 2.85. The van der Waals surface area contributed by atoms with Gasteiger partial charge in [0.05, 0.1) is 5.69 Å². The SMILES string of the molecule is Nc1cc(C(=O)N2CCc3ccccc32)ccc1O. The van der Waals surface area contributed by atoms with Crippen molar-refractivity contribution in [2.75, 3.05) is 17.2 Å². The van der Waals surface area contributed by atoms with Crippen molar-refractivity contribution in [2.45, 2.75) is 6.42 Å². The third kappa shape index (κ3) is 1.91. The van der Waals surface area contributed by atoms with Crippen LogP contribution in [0.25, 0.3) is 0 Å². The van der Waals surface area contributed by atoms with Gasteiger partial charge in [-0.15, -0.1) is 0 Å². The normalized spacial score (nSPS) is 13.4. The van der Waals surface area contributed by atoms with Crippen LogP contribution in [0.3, 0.4) is 0 Å². The largest absolute Gasteiger partial charge is 0.506 e. The summed E-state index contributed by atoms with van der Waals surface area (Å²) in [5.41, 5.74) is 8.48. The third-order valence-electron chi connectivity index (χ3n) is 3.41. The molecule has 3 N–H and O–H groups in total. The summed E-state index contributed by atoms with van der Waals surface area (Å²) < 4.78 is 0. The highest BCUT2D eigenvalue weighted by molar-refractivity contribution is 6.07. The van der Waals surface area contributed by atoms with Crippen molar-refractivity contribution < 1.29 is 9.90 Å². The van der Waals surface area contributed by atoms with Crippen molar-refractivity contribution >= 4 is 17.3 Å². The predicted molar refractivity (Wildman–Crippen MR) is 74.3 cm³/mol. The molecule has 0 aliphatic carbocycles. The number of fused-ring (bicyclic) bond motifs is 1. The second-order valence-corrected chi connectivity index (χ2v) is 4.61. The summed E-state index contributed by atoms with van der Waals surface area (Å²) in [6.45, 7) is 0.680. The van der Waals surface area contributed by atoms with Gasteiger partial charge in [0.2, 0.25) is 0 Å². The fourth-order valence-electron chi connectivity index (χ4n) is 2.39. The Morgan fingerprint density at radius 3 is 2.79 bits per heavy atom. The van der Waals surface area contributed by atoms with Crippen LogP contribution in [-0.2, 0) is 6.42 Å². The fourth-order valence-corrected chi connectivity index (χ4v) is 2.39. The van der Waals surface area contributed by atoms with E-state index in [1.165, 1.54) is 17.7 Å². The molecule has 96 valence electrons. The molecule has 4 nitrogen and oxygen atoms in total. The Labute approximate surface area is 111 Å². The van der Waals surface area contributed by atoms with Crippen LogP contribution >= 0.6 is 0 Å². The van der Waals surface area contributed by atoms with Crippen LogP contribution in [0.5, 0.6) is 5.75 Å². The van der Waals surface area contributed by atoms with Gasteiger partial charge in [0, 0.05) is 17.8 Å². The Hall–Kier alpha value is -2.49. The van der Waals surface area contributed by atoms with Gasteiger partial charge in [0.1, 0.15) is 5.75 Å². The van der Waals surface area contributed by atoms with E-state index < -0.39 is 0 Å². The number of para-hydroxylation sites is 1. The molecule has 3 rings (SSSR count). The lowest BCUT2D eigenvalue weighted by Crippen LogP contribution is -2.28. The number of rotatable bonds is 1. The number of hydrogen-bond donors (Lipinski definition) is 2. The van der Waals surface area contributed by atoms with Gasteiger partial charge in [0.25, 0.3) is 5.91 Å². The number of anilines is 2. The van der Waals surface area contributed by atoms with Crippen molar-refractivity contribution in [3.8, 4) is 5.75 Å². The first-order valence-corrected chi connectivity index (χ1v) is 6.15. The summed E-state index contributed by atoms with van der Waals surface area (Å²) >= 11 is 0. The Kier molecular flexibility index (Phi) is 2.63. The molecule has 1 heterocycles. The van der Waals surface area contributed by atoms with Crippen molar-refractivity contribution in [2.24, 2.45) is 0 Å². The van der Waals surface area contributed by atoms with Gasteiger partial charge in [-0.2, -0.15) is 0 Å². The minimum atomic E-state index is -0.0864. The Balaban J connectivity index is 1.95. The molecule has 0 aromatic heterocycles. The topological polar surface area (TPSA) is 66.6 Å². The van der Waals surface area contributed by atoms with Gasteiger partial charge < -0.3 is 15.7 Å². The van der Waals surface area contributed by atoms with Crippen molar-refractivity contribution in [1.82, 2.24) is 0 Å². The first-order valence-electron chi connectivity index (χ1n) is 6.15. The molecule has 0 spiro atoms. The second-order valence-electron chi connectivity index (χ2n) is 4.61. The highest BCUT2D eigenvalue weighted by Crippen LogP contribution is 2.30. The zero-order valence-electron chi connectivity index (χ0n) is 10.3. The molecule has 1 amide bonds. The summed E-state index contributed by atoms with van der Waals surface area (Å²) in [4.78, 5) is 14.2. The third-order valence-corrected chi connectivity index (χ3v) is 3.41. The molecule has 1 aliphatic heterocycles. The summed E-state index contributed by atoms with van der Waals surface area (Å²) in [5.74, 6) is -0.0879. The van der Waals surface area contributed by atoms with E-state index in [4.69, 9.17) is 5.73 Å². The summed E-state index contributed by atoms with van der Waals surface area (Å²) in [5, 5.41) is 9.40. The van der Waals surface area contributed by atoms with Gasteiger partial charge in [0.15, 0.2) is 0 Å². The molecule has 2 aromatic rings. The number of nitrogens with zero attached hydrogens (tertiary/aromatic N) is 1. The molecule has 0 atom stereocenters. The van der Waals surface area contributed by atoms with E-state index in [0.717, 1.165) is 12.1 Å². The van der Waals surface area contributed by atoms with Crippen molar-refractivity contribution in [3.05, 3.63) is 53.6 Å². The van der Waals surface area contributed by atoms with Gasteiger partial charge in [-0.1, -0.05) is 18.2 Å². The molecular weight excluding hydrogens is 240 g/mol. The smallest absolute Gasteiger partial charge is 0.258 e. The van der Waals surface area contributed by atoms with Crippen LogP contribution in [0.4, 0.5) is 11.4 Å². The van der Waals surface area contributed by atoms with Crippen molar-refractivity contribution in [1.29, 1.82) is 0 Å². The standard InChI is InChI=1S/C15H14N2O2/c16-12-9-11(5-6-14(12)18)15(19)17-8-7-10-3-1-2-4-13(10)17/h1-6,9,18H,7-8,16H2. The molecule has 0 radical (unpaired) electrons. The van der Waals surface area contributed by atoms with E-state index in [0.29, 0.717) is 12.1 Å². The number of aromatic hydroxyl groups is 1. The highest BCUT2D eigenvalue weighted by Gasteiger charge is 2.25. The zero-order valence-corrected chi connectivity index (χ0v) is 10.3. The Morgan fingerprint density at radius 1 is 1.21 bits per heavy atom. The van der Waals surface area contributed by atoms with E-state index in [9.17, 15) is 9.90 Å².